The Morgan fingerprint density at radius 3 is 2.41 bits per heavy atom. The summed E-state index contributed by atoms with van der Waals surface area (Å²) in [6.45, 7) is 3.45. The summed E-state index contributed by atoms with van der Waals surface area (Å²) in [6, 6.07) is 21.2. The predicted molar refractivity (Wildman–Crippen MR) is 129 cm³/mol. The van der Waals surface area contributed by atoms with Crippen LogP contribution in [0.25, 0.3) is 22.5 Å². The second-order valence-electron chi connectivity index (χ2n) is 7.63. The molecule has 34 heavy (non-hydrogen) atoms. The van der Waals surface area contributed by atoms with Crippen molar-refractivity contribution in [2.75, 3.05) is 5.32 Å². The van der Waals surface area contributed by atoms with Gasteiger partial charge in [-0.15, -0.1) is 0 Å². The molecular weight excluding hydrogens is 456 g/mol. The van der Waals surface area contributed by atoms with Crippen LogP contribution in [0.15, 0.2) is 77.3 Å². The Hall–Kier alpha value is -4.10. The number of halogens is 1. The molecule has 0 bridgehead atoms. The van der Waals surface area contributed by atoms with Crippen LogP contribution in [0.3, 0.4) is 0 Å². The molecule has 1 aromatic heterocycles. The topological polar surface area (TPSA) is 102 Å². The number of carbonyl (C=O) groups is 2. The van der Waals surface area contributed by atoms with Gasteiger partial charge in [-0.25, -0.2) is 9.59 Å². The molecule has 0 saturated carbocycles. The van der Waals surface area contributed by atoms with Crippen LogP contribution < -0.4 is 5.32 Å². The normalized spacial score (nSPS) is 11.6. The molecule has 3 aromatic carbocycles. The number of hydrogen-bond donors (Lipinski definition) is 2. The van der Waals surface area contributed by atoms with Crippen LogP contribution in [0.2, 0.25) is 5.02 Å². The van der Waals surface area contributed by atoms with Crippen molar-refractivity contribution in [3.8, 4) is 22.5 Å². The number of aromatic carboxylic acids is 1. The highest BCUT2D eigenvalue weighted by Gasteiger charge is 2.20. The third kappa shape index (κ3) is 4.94. The van der Waals surface area contributed by atoms with Crippen LogP contribution in [0.5, 0.6) is 0 Å². The molecule has 4 rings (SSSR count). The SMILES string of the molecule is Cc1noc(-c2ccc(-c3cccc(C(=O)O)c3)cc2)c1NC(=O)OC(C)c1ccccc1Cl. The number of nitrogens with one attached hydrogen (secondary N) is 1. The van der Waals surface area contributed by atoms with Gasteiger partial charge in [-0.2, -0.15) is 0 Å². The Labute approximate surface area is 200 Å². The summed E-state index contributed by atoms with van der Waals surface area (Å²) in [7, 11) is 0. The van der Waals surface area contributed by atoms with E-state index in [1.807, 2.05) is 36.4 Å². The van der Waals surface area contributed by atoms with E-state index >= 15 is 0 Å². The molecule has 0 aliphatic heterocycles. The fourth-order valence-corrected chi connectivity index (χ4v) is 3.81. The van der Waals surface area contributed by atoms with E-state index in [-0.39, 0.29) is 5.56 Å². The van der Waals surface area contributed by atoms with Crippen LogP contribution in [0.4, 0.5) is 10.5 Å². The van der Waals surface area contributed by atoms with E-state index in [0.29, 0.717) is 33.3 Å². The third-order valence-electron chi connectivity index (χ3n) is 5.31. The molecule has 7 nitrogen and oxygen atoms in total. The monoisotopic (exact) mass is 476 g/mol. The second kappa shape index (κ2) is 9.80. The summed E-state index contributed by atoms with van der Waals surface area (Å²) in [5, 5.41) is 16.4. The lowest BCUT2D eigenvalue weighted by molar-refractivity contribution is 0.0696. The molecule has 0 aliphatic carbocycles. The summed E-state index contributed by atoms with van der Waals surface area (Å²) < 4.78 is 11.0. The number of amides is 1. The molecule has 0 saturated heterocycles. The van der Waals surface area contributed by atoms with Crippen LogP contribution in [-0.2, 0) is 4.74 Å². The van der Waals surface area contributed by atoms with Gasteiger partial charge in [0.2, 0.25) is 0 Å². The van der Waals surface area contributed by atoms with Crippen molar-refractivity contribution in [2.45, 2.75) is 20.0 Å². The molecular formula is C26H21ClN2O5. The van der Waals surface area contributed by atoms with E-state index < -0.39 is 18.2 Å². The zero-order valence-corrected chi connectivity index (χ0v) is 19.2. The molecule has 0 radical (unpaired) electrons. The minimum atomic E-state index is -0.984. The van der Waals surface area contributed by atoms with Gasteiger partial charge in [0.1, 0.15) is 17.5 Å². The first-order valence-electron chi connectivity index (χ1n) is 10.5. The van der Waals surface area contributed by atoms with Crippen LogP contribution in [0, 0.1) is 6.92 Å². The number of hydrogen-bond acceptors (Lipinski definition) is 5. The highest BCUT2D eigenvalue weighted by Crippen LogP contribution is 2.33. The van der Waals surface area contributed by atoms with E-state index in [4.69, 9.17) is 20.9 Å². The minimum absolute atomic E-state index is 0.212. The lowest BCUT2D eigenvalue weighted by Crippen LogP contribution is -2.17. The Morgan fingerprint density at radius 2 is 1.71 bits per heavy atom. The van der Waals surface area contributed by atoms with Gasteiger partial charge in [0.25, 0.3) is 0 Å². The molecule has 0 fully saturated rings. The Bertz CT molecular complexity index is 1350. The minimum Gasteiger partial charge on any atom is -0.478 e. The van der Waals surface area contributed by atoms with Crippen molar-refractivity contribution in [2.24, 2.45) is 0 Å². The van der Waals surface area contributed by atoms with E-state index in [2.05, 4.69) is 10.5 Å². The molecule has 8 heteroatoms. The smallest absolute Gasteiger partial charge is 0.412 e. The first kappa shape index (κ1) is 23.1. The number of nitrogens with zero attached hydrogens (tertiary/aromatic N) is 1. The van der Waals surface area contributed by atoms with Crippen molar-refractivity contribution in [3.63, 3.8) is 0 Å². The third-order valence-corrected chi connectivity index (χ3v) is 5.65. The summed E-state index contributed by atoms with van der Waals surface area (Å²) in [6.07, 6.45) is -1.22. The van der Waals surface area contributed by atoms with Gasteiger partial charge >= 0.3 is 12.1 Å². The Balaban J connectivity index is 1.52. The number of rotatable bonds is 6. The summed E-state index contributed by atoms with van der Waals surface area (Å²) in [5.41, 5.74) is 4.11. The van der Waals surface area contributed by atoms with Crippen molar-refractivity contribution >= 4 is 29.4 Å². The van der Waals surface area contributed by atoms with E-state index in [1.165, 1.54) is 0 Å². The predicted octanol–water partition coefficient (Wildman–Crippen LogP) is 6.98. The number of carboxylic acid groups (broad SMARTS) is 1. The van der Waals surface area contributed by atoms with Gasteiger partial charge in [-0.1, -0.05) is 71.4 Å². The van der Waals surface area contributed by atoms with E-state index in [1.54, 1.807) is 50.2 Å². The molecule has 1 heterocycles. The molecule has 4 aromatic rings. The lowest BCUT2D eigenvalue weighted by atomic mass is 10.0. The van der Waals surface area contributed by atoms with E-state index in [9.17, 15) is 14.7 Å². The summed E-state index contributed by atoms with van der Waals surface area (Å²) in [5.74, 6) is -0.604. The number of carboxylic acids is 1. The molecule has 172 valence electrons. The molecule has 1 unspecified atom stereocenters. The summed E-state index contributed by atoms with van der Waals surface area (Å²) in [4.78, 5) is 23.8. The van der Waals surface area contributed by atoms with Crippen molar-refractivity contribution in [1.82, 2.24) is 5.16 Å². The highest BCUT2D eigenvalue weighted by molar-refractivity contribution is 6.31. The van der Waals surface area contributed by atoms with Crippen molar-refractivity contribution in [3.05, 3.63) is 94.6 Å². The lowest BCUT2D eigenvalue weighted by Gasteiger charge is -2.15. The Kier molecular flexibility index (Phi) is 6.65. The fourth-order valence-electron chi connectivity index (χ4n) is 3.52. The number of anilines is 1. The maximum atomic E-state index is 12.6. The molecule has 2 N–H and O–H groups in total. The molecule has 1 atom stereocenters. The van der Waals surface area contributed by atoms with E-state index in [0.717, 1.165) is 11.1 Å². The first-order chi connectivity index (χ1) is 16.3. The van der Waals surface area contributed by atoms with Gasteiger partial charge < -0.3 is 14.4 Å². The van der Waals surface area contributed by atoms with Crippen molar-refractivity contribution < 1.29 is 24.0 Å². The van der Waals surface area contributed by atoms with Crippen molar-refractivity contribution in [1.29, 1.82) is 0 Å². The van der Waals surface area contributed by atoms with Crippen LogP contribution >= 0.6 is 11.6 Å². The highest BCUT2D eigenvalue weighted by atomic mass is 35.5. The second-order valence-corrected chi connectivity index (χ2v) is 8.04. The number of benzene rings is 3. The van der Waals surface area contributed by atoms with Crippen LogP contribution in [0.1, 0.15) is 34.6 Å². The molecule has 0 spiro atoms. The van der Waals surface area contributed by atoms with Gasteiger partial charge in [-0.05, 0) is 43.2 Å². The summed E-state index contributed by atoms with van der Waals surface area (Å²) >= 11 is 6.19. The van der Waals surface area contributed by atoms with Gasteiger partial charge in [0.05, 0.1) is 5.56 Å². The number of aromatic nitrogens is 1. The first-order valence-corrected chi connectivity index (χ1v) is 10.8. The number of carbonyl (C=O) groups excluding carboxylic acids is 1. The molecule has 1 amide bonds. The maximum absolute atomic E-state index is 12.6. The average molecular weight is 477 g/mol. The quantitative estimate of drug-likeness (QED) is 0.311. The number of ether oxygens (including phenoxy) is 1. The average Bonchev–Trinajstić information content (AvgIpc) is 3.19. The largest absolute Gasteiger partial charge is 0.478 e. The van der Waals surface area contributed by atoms with Gasteiger partial charge in [-0.3, -0.25) is 5.32 Å². The zero-order valence-electron chi connectivity index (χ0n) is 18.4. The Morgan fingerprint density at radius 1 is 1.00 bits per heavy atom. The molecule has 0 aliphatic rings. The zero-order chi connectivity index (χ0) is 24.2. The fraction of sp³-hybridized carbons (Fsp3) is 0.115. The standard InChI is InChI=1S/C26H21ClN2O5/c1-15-23(28-26(32)33-16(2)21-8-3-4-9-22(21)27)24(34-29-15)18-12-10-17(11-13-18)19-6-5-7-20(14-19)25(30)31/h3-14,16H,1-2H3,(H,28,32)(H,30,31). The van der Waals surface area contributed by atoms with Gasteiger partial charge in [0, 0.05) is 16.1 Å². The number of aryl methyl sites for hydroxylation is 1. The van der Waals surface area contributed by atoms with Crippen LogP contribution in [-0.4, -0.2) is 22.3 Å². The van der Waals surface area contributed by atoms with Gasteiger partial charge in [0.15, 0.2) is 5.76 Å². The maximum Gasteiger partial charge on any atom is 0.412 e.